The van der Waals surface area contributed by atoms with Crippen LogP contribution in [0.4, 0.5) is 0 Å². The van der Waals surface area contributed by atoms with Crippen molar-refractivity contribution in [3.05, 3.63) is 55.6 Å². The van der Waals surface area contributed by atoms with Crippen LogP contribution in [0.3, 0.4) is 0 Å². The molecule has 0 saturated heterocycles. The van der Waals surface area contributed by atoms with Gasteiger partial charge in [-0.05, 0) is 62.6 Å². The standard InChI is InChI=1S/C13H13BrClNS/c1-2-16-13(10-5-6-17-8-10)9-3-4-12(15)11(14)7-9/h3-8,13,16H,2H2,1H3. The molecule has 17 heavy (non-hydrogen) atoms. The summed E-state index contributed by atoms with van der Waals surface area (Å²) in [6.45, 7) is 3.05. The lowest BCUT2D eigenvalue weighted by Gasteiger charge is -2.18. The van der Waals surface area contributed by atoms with E-state index in [1.165, 1.54) is 11.1 Å². The third-order valence-corrected chi connectivity index (χ3v) is 4.48. The highest BCUT2D eigenvalue weighted by Gasteiger charge is 2.14. The van der Waals surface area contributed by atoms with E-state index < -0.39 is 0 Å². The van der Waals surface area contributed by atoms with Gasteiger partial charge in [0, 0.05) is 4.47 Å². The van der Waals surface area contributed by atoms with E-state index in [1.54, 1.807) is 11.3 Å². The van der Waals surface area contributed by atoms with E-state index in [9.17, 15) is 0 Å². The van der Waals surface area contributed by atoms with Gasteiger partial charge in [-0.15, -0.1) is 0 Å². The second-order valence-corrected chi connectivity index (χ2v) is 5.76. The topological polar surface area (TPSA) is 12.0 Å². The molecule has 0 fully saturated rings. The minimum Gasteiger partial charge on any atom is -0.307 e. The lowest BCUT2D eigenvalue weighted by Crippen LogP contribution is -2.21. The summed E-state index contributed by atoms with van der Waals surface area (Å²) in [5.74, 6) is 0. The van der Waals surface area contributed by atoms with Gasteiger partial charge < -0.3 is 5.32 Å². The smallest absolute Gasteiger partial charge is 0.0585 e. The second-order valence-electron chi connectivity index (χ2n) is 3.72. The van der Waals surface area contributed by atoms with E-state index in [2.05, 4.69) is 57.1 Å². The predicted molar refractivity (Wildman–Crippen MR) is 79.0 cm³/mol. The van der Waals surface area contributed by atoms with Crippen LogP contribution in [0.25, 0.3) is 0 Å². The summed E-state index contributed by atoms with van der Waals surface area (Å²) in [6.07, 6.45) is 0. The Morgan fingerprint density at radius 3 is 2.76 bits per heavy atom. The molecule has 2 aromatic rings. The van der Waals surface area contributed by atoms with Crippen LogP contribution in [0.5, 0.6) is 0 Å². The van der Waals surface area contributed by atoms with E-state index in [4.69, 9.17) is 11.6 Å². The largest absolute Gasteiger partial charge is 0.307 e. The monoisotopic (exact) mass is 329 g/mol. The Morgan fingerprint density at radius 1 is 1.35 bits per heavy atom. The molecule has 1 aromatic heterocycles. The number of hydrogen-bond acceptors (Lipinski definition) is 2. The van der Waals surface area contributed by atoms with E-state index in [0.717, 1.165) is 16.0 Å². The van der Waals surface area contributed by atoms with Crippen molar-refractivity contribution < 1.29 is 0 Å². The molecule has 0 aliphatic heterocycles. The minimum atomic E-state index is 0.236. The molecule has 0 radical (unpaired) electrons. The third kappa shape index (κ3) is 3.10. The average molecular weight is 331 g/mol. The number of benzene rings is 1. The summed E-state index contributed by atoms with van der Waals surface area (Å²) < 4.78 is 0.940. The zero-order valence-corrected chi connectivity index (χ0v) is 12.6. The quantitative estimate of drug-likeness (QED) is 0.844. The number of hydrogen-bond donors (Lipinski definition) is 1. The fourth-order valence-corrected chi connectivity index (χ4v) is 2.96. The van der Waals surface area contributed by atoms with Gasteiger partial charge in [0.1, 0.15) is 0 Å². The first-order valence-corrected chi connectivity index (χ1v) is 7.54. The van der Waals surface area contributed by atoms with E-state index in [1.807, 2.05) is 6.07 Å². The molecule has 2 rings (SSSR count). The van der Waals surface area contributed by atoms with Gasteiger partial charge in [0.2, 0.25) is 0 Å². The number of nitrogens with one attached hydrogen (secondary N) is 1. The van der Waals surface area contributed by atoms with Crippen molar-refractivity contribution >= 4 is 38.9 Å². The van der Waals surface area contributed by atoms with Gasteiger partial charge in [0.15, 0.2) is 0 Å². The van der Waals surface area contributed by atoms with Crippen molar-refractivity contribution in [3.8, 4) is 0 Å². The molecule has 1 nitrogen and oxygen atoms in total. The number of halogens is 2. The average Bonchev–Trinajstić information content (AvgIpc) is 2.83. The SMILES string of the molecule is CCNC(c1ccsc1)c1ccc(Cl)c(Br)c1. The fourth-order valence-electron chi connectivity index (χ4n) is 1.76. The highest BCUT2D eigenvalue weighted by molar-refractivity contribution is 9.10. The van der Waals surface area contributed by atoms with Gasteiger partial charge in [-0.25, -0.2) is 0 Å². The zero-order chi connectivity index (χ0) is 12.3. The van der Waals surface area contributed by atoms with Crippen LogP contribution in [0, 0.1) is 0 Å². The molecule has 1 aromatic carbocycles. The van der Waals surface area contributed by atoms with Crippen LogP contribution in [-0.2, 0) is 0 Å². The molecule has 0 spiro atoms. The molecule has 0 amide bonds. The molecule has 4 heteroatoms. The molecular formula is C13H13BrClNS. The molecule has 1 unspecified atom stereocenters. The summed E-state index contributed by atoms with van der Waals surface area (Å²) in [5, 5.41) is 8.51. The predicted octanol–water partition coefficient (Wildman–Crippen LogP) is 4.86. The Bertz CT molecular complexity index is 484. The van der Waals surface area contributed by atoms with Gasteiger partial charge in [0.25, 0.3) is 0 Å². The Balaban J connectivity index is 2.35. The van der Waals surface area contributed by atoms with Crippen molar-refractivity contribution in [2.24, 2.45) is 0 Å². The van der Waals surface area contributed by atoms with Crippen LogP contribution in [0.15, 0.2) is 39.5 Å². The lowest BCUT2D eigenvalue weighted by molar-refractivity contribution is 0.632. The van der Waals surface area contributed by atoms with Crippen LogP contribution in [0.1, 0.15) is 24.1 Å². The maximum Gasteiger partial charge on any atom is 0.0585 e. The summed E-state index contributed by atoms with van der Waals surface area (Å²) >= 11 is 11.2. The van der Waals surface area contributed by atoms with Gasteiger partial charge >= 0.3 is 0 Å². The molecule has 1 heterocycles. The van der Waals surface area contributed by atoms with Crippen molar-refractivity contribution in [1.82, 2.24) is 5.32 Å². The first-order valence-electron chi connectivity index (χ1n) is 5.42. The van der Waals surface area contributed by atoms with E-state index >= 15 is 0 Å². The van der Waals surface area contributed by atoms with Crippen LogP contribution >= 0.6 is 38.9 Å². The highest BCUT2D eigenvalue weighted by atomic mass is 79.9. The summed E-state index contributed by atoms with van der Waals surface area (Å²) in [5.41, 5.74) is 2.52. The Morgan fingerprint density at radius 2 is 2.18 bits per heavy atom. The Hall–Kier alpha value is -0.350. The van der Waals surface area contributed by atoms with Crippen molar-refractivity contribution in [2.45, 2.75) is 13.0 Å². The maximum atomic E-state index is 6.02. The molecule has 0 saturated carbocycles. The Kier molecular flexibility index (Phi) is 4.62. The molecule has 0 aliphatic rings. The third-order valence-electron chi connectivity index (χ3n) is 2.56. The maximum absolute atomic E-state index is 6.02. The van der Waals surface area contributed by atoms with Crippen molar-refractivity contribution in [1.29, 1.82) is 0 Å². The molecule has 90 valence electrons. The van der Waals surface area contributed by atoms with Gasteiger partial charge in [-0.3, -0.25) is 0 Å². The van der Waals surface area contributed by atoms with Crippen LogP contribution in [-0.4, -0.2) is 6.54 Å². The highest BCUT2D eigenvalue weighted by Crippen LogP contribution is 2.29. The molecular weight excluding hydrogens is 318 g/mol. The molecule has 0 aliphatic carbocycles. The van der Waals surface area contributed by atoms with Crippen molar-refractivity contribution in [3.63, 3.8) is 0 Å². The molecule has 0 bridgehead atoms. The normalized spacial score (nSPS) is 12.6. The van der Waals surface area contributed by atoms with E-state index in [-0.39, 0.29) is 6.04 Å². The summed E-state index contributed by atoms with van der Waals surface area (Å²) in [7, 11) is 0. The van der Waals surface area contributed by atoms with Crippen LogP contribution < -0.4 is 5.32 Å². The fraction of sp³-hybridized carbons (Fsp3) is 0.231. The molecule has 1 atom stereocenters. The number of thiophene rings is 1. The summed E-state index contributed by atoms with van der Waals surface area (Å²) in [6, 6.07) is 8.46. The van der Waals surface area contributed by atoms with Gasteiger partial charge in [-0.2, -0.15) is 11.3 Å². The van der Waals surface area contributed by atoms with Gasteiger partial charge in [0.05, 0.1) is 11.1 Å². The molecule has 1 N–H and O–H groups in total. The lowest BCUT2D eigenvalue weighted by atomic mass is 10.0. The van der Waals surface area contributed by atoms with Gasteiger partial charge in [-0.1, -0.05) is 24.6 Å². The van der Waals surface area contributed by atoms with E-state index in [0.29, 0.717) is 0 Å². The first kappa shape index (κ1) is 13.1. The minimum absolute atomic E-state index is 0.236. The van der Waals surface area contributed by atoms with Crippen LogP contribution in [0.2, 0.25) is 5.02 Å². The first-order chi connectivity index (χ1) is 8.22. The Labute approximate surface area is 119 Å². The van der Waals surface area contributed by atoms with Crippen molar-refractivity contribution in [2.75, 3.05) is 6.54 Å². The zero-order valence-electron chi connectivity index (χ0n) is 9.41. The number of rotatable bonds is 4. The second kappa shape index (κ2) is 6.01. The summed E-state index contributed by atoms with van der Waals surface area (Å²) in [4.78, 5) is 0.